The summed E-state index contributed by atoms with van der Waals surface area (Å²) < 4.78 is 1.86. The summed E-state index contributed by atoms with van der Waals surface area (Å²) in [5, 5.41) is 24.8. The van der Waals surface area contributed by atoms with Crippen LogP contribution in [0, 0.1) is 25.2 Å². The van der Waals surface area contributed by atoms with Gasteiger partial charge in [0.05, 0.1) is 23.1 Å². The second-order valence-corrected chi connectivity index (χ2v) is 5.72. The van der Waals surface area contributed by atoms with Crippen LogP contribution in [0.1, 0.15) is 37.6 Å². The van der Waals surface area contributed by atoms with E-state index in [-0.39, 0.29) is 5.54 Å². The Balaban J connectivity index is 2.34. The van der Waals surface area contributed by atoms with Crippen LogP contribution in [0.15, 0.2) is 12.4 Å². The van der Waals surface area contributed by atoms with Crippen molar-refractivity contribution in [3.8, 4) is 6.07 Å². The predicted molar refractivity (Wildman–Crippen MR) is 76.7 cm³/mol. The first-order valence-electron chi connectivity index (χ1n) is 6.39. The lowest BCUT2D eigenvalue weighted by atomic mass is 10.1. The molecule has 104 valence electrons. The summed E-state index contributed by atoms with van der Waals surface area (Å²) in [6, 6.07) is 2.17. The van der Waals surface area contributed by atoms with E-state index >= 15 is 0 Å². The van der Waals surface area contributed by atoms with Gasteiger partial charge < -0.3 is 5.32 Å². The number of aryl methyl sites for hydroxylation is 1. The van der Waals surface area contributed by atoms with Crippen molar-refractivity contribution < 1.29 is 0 Å². The Bertz CT molecular complexity index is 672. The molecular formula is C14H18N6. The summed E-state index contributed by atoms with van der Waals surface area (Å²) in [6.45, 7) is 9.91. The van der Waals surface area contributed by atoms with Gasteiger partial charge in [0.2, 0.25) is 0 Å². The maximum Gasteiger partial charge on any atom is 0.171 e. The van der Waals surface area contributed by atoms with Crippen molar-refractivity contribution in [1.29, 1.82) is 5.26 Å². The van der Waals surface area contributed by atoms with Crippen LogP contribution < -0.4 is 5.32 Å². The van der Waals surface area contributed by atoms with Gasteiger partial charge in [-0.2, -0.15) is 15.5 Å². The largest absolute Gasteiger partial charge is 0.335 e. The van der Waals surface area contributed by atoms with E-state index in [2.05, 4.69) is 47.5 Å². The van der Waals surface area contributed by atoms with Gasteiger partial charge >= 0.3 is 0 Å². The number of anilines is 2. The molecule has 1 N–H and O–H groups in total. The molecule has 2 aromatic rings. The lowest BCUT2D eigenvalue weighted by molar-refractivity contribution is 0.355. The molecule has 0 saturated carbocycles. The summed E-state index contributed by atoms with van der Waals surface area (Å²) in [4.78, 5) is 0. The first-order valence-corrected chi connectivity index (χ1v) is 6.39. The molecule has 0 amide bonds. The molecule has 2 aromatic heterocycles. The van der Waals surface area contributed by atoms with Gasteiger partial charge in [-0.15, -0.1) is 5.10 Å². The Morgan fingerprint density at radius 2 is 1.95 bits per heavy atom. The highest BCUT2D eigenvalue weighted by atomic mass is 15.3. The average molecular weight is 270 g/mol. The van der Waals surface area contributed by atoms with Crippen LogP contribution >= 0.6 is 0 Å². The molecule has 0 unspecified atom stereocenters. The fourth-order valence-electron chi connectivity index (χ4n) is 1.72. The molecule has 0 aromatic carbocycles. The van der Waals surface area contributed by atoms with Gasteiger partial charge in [0.15, 0.2) is 5.82 Å². The summed E-state index contributed by atoms with van der Waals surface area (Å²) in [5.74, 6) is 0.462. The fourth-order valence-corrected chi connectivity index (χ4v) is 1.72. The quantitative estimate of drug-likeness (QED) is 0.907. The Morgan fingerprint density at radius 1 is 1.25 bits per heavy atom. The lowest BCUT2D eigenvalue weighted by Gasteiger charge is -2.18. The third-order valence-corrected chi connectivity index (χ3v) is 3.10. The molecule has 0 fully saturated rings. The van der Waals surface area contributed by atoms with E-state index in [9.17, 15) is 5.26 Å². The summed E-state index contributed by atoms with van der Waals surface area (Å²) in [6.07, 6.45) is 3.60. The number of hydrogen-bond donors (Lipinski definition) is 1. The Morgan fingerprint density at radius 3 is 2.50 bits per heavy atom. The van der Waals surface area contributed by atoms with Crippen LogP contribution in [0.2, 0.25) is 0 Å². The van der Waals surface area contributed by atoms with E-state index in [1.54, 1.807) is 6.20 Å². The number of rotatable bonds is 2. The monoisotopic (exact) mass is 270 g/mol. The predicted octanol–water partition coefficient (Wildman–Crippen LogP) is 2.66. The van der Waals surface area contributed by atoms with Gasteiger partial charge in [-0.05, 0) is 40.2 Å². The molecule has 0 aliphatic rings. The van der Waals surface area contributed by atoms with Crippen LogP contribution in [0.5, 0.6) is 0 Å². The van der Waals surface area contributed by atoms with E-state index < -0.39 is 0 Å². The highest BCUT2D eigenvalue weighted by molar-refractivity contribution is 5.63. The van der Waals surface area contributed by atoms with Gasteiger partial charge in [0.1, 0.15) is 11.6 Å². The SMILES string of the molecule is Cc1nnc(Nc2cnn(C(C)(C)C)c2)c(C#N)c1C. The minimum atomic E-state index is -0.0904. The molecule has 0 radical (unpaired) electrons. The molecule has 20 heavy (non-hydrogen) atoms. The van der Waals surface area contributed by atoms with Crippen LogP contribution in [-0.2, 0) is 5.54 Å². The lowest BCUT2D eigenvalue weighted by Crippen LogP contribution is -2.21. The normalized spacial score (nSPS) is 11.2. The third kappa shape index (κ3) is 2.62. The number of nitrogens with zero attached hydrogens (tertiary/aromatic N) is 5. The highest BCUT2D eigenvalue weighted by Gasteiger charge is 2.15. The van der Waals surface area contributed by atoms with Gasteiger partial charge in [0.25, 0.3) is 0 Å². The molecule has 2 rings (SSSR count). The zero-order valence-corrected chi connectivity index (χ0v) is 12.4. The number of nitrogens with one attached hydrogen (secondary N) is 1. The maximum atomic E-state index is 9.26. The van der Waals surface area contributed by atoms with Crippen molar-refractivity contribution in [2.45, 2.75) is 40.2 Å². The first kappa shape index (κ1) is 14.0. The summed E-state index contributed by atoms with van der Waals surface area (Å²) in [7, 11) is 0. The van der Waals surface area contributed by atoms with Crippen molar-refractivity contribution in [3.05, 3.63) is 29.2 Å². The highest BCUT2D eigenvalue weighted by Crippen LogP contribution is 2.22. The Labute approximate surface area is 118 Å². The van der Waals surface area contributed by atoms with Crippen LogP contribution in [0.4, 0.5) is 11.5 Å². The average Bonchev–Trinajstić information content (AvgIpc) is 2.83. The van der Waals surface area contributed by atoms with Gasteiger partial charge in [-0.3, -0.25) is 4.68 Å². The van der Waals surface area contributed by atoms with Gasteiger partial charge in [-0.1, -0.05) is 0 Å². The van der Waals surface area contributed by atoms with E-state index in [0.717, 1.165) is 16.9 Å². The molecule has 0 atom stereocenters. The fraction of sp³-hybridized carbons (Fsp3) is 0.429. The van der Waals surface area contributed by atoms with Crippen molar-refractivity contribution in [1.82, 2.24) is 20.0 Å². The molecule has 6 nitrogen and oxygen atoms in total. The standard InChI is InChI=1S/C14H18N6/c1-9-10(2)18-19-13(12(9)6-15)17-11-7-16-20(8-11)14(3,4)5/h7-8H,1-5H3,(H,17,19). The van der Waals surface area contributed by atoms with Crippen molar-refractivity contribution in [3.63, 3.8) is 0 Å². The molecule has 0 saturated heterocycles. The van der Waals surface area contributed by atoms with E-state index in [0.29, 0.717) is 11.4 Å². The van der Waals surface area contributed by atoms with E-state index in [1.807, 2.05) is 24.7 Å². The molecule has 0 bridgehead atoms. The molecular weight excluding hydrogens is 252 g/mol. The number of hydrogen-bond acceptors (Lipinski definition) is 5. The van der Waals surface area contributed by atoms with Crippen LogP contribution in [0.25, 0.3) is 0 Å². The smallest absolute Gasteiger partial charge is 0.171 e. The van der Waals surface area contributed by atoms with Crippen LogP contribution in [0.3, 0.4) is 0 Å². The zero-order valence-electron chi connectivity index (χ0n) is 12.4. The molecule has 0 aliphatic carbocycles. The second-order valence-electron chi connectivity index (χ2n) is 5.72. The minimum Gasteiger partial charge on any atom is -0.335 e. The zero-order chi connectivity index (χ0) is 14.9. The van der Waals surface area contributed by atoms with Gasteiger partial charge in [0, 0.05) is 6.20 Å². The first-order chi connectivity index (χ1) is 9.32. The summed E-state index contributed by atoms with van der Waals surface area (Å²) >= 11 is 0. The third-order valence-electron chi connectivity index (χ3n) is 3.10. The number of nitriles is 1. The van der Waals surface area contributed by atoms with Gasteiger partial charge in [-0.25, -0.2) is 0 Å². The Hall–Kier alpha value is -2.42. The van der Waals surface area contributed by atoms with E-state index in [4.69, 9.17) is 0 Å². The second kappa shape index (κ2) is 4.93. The molecule has 6 heteroatoms. The molecule has 2 heterocycles. The summed E-state index contributed by atoms with van der Waals surface area (Å²) in [5.41, 5.74) is 2.81. The Kier molecular flexibility index (Phi) is 3.45. The maximum absolute atomic E-state index is 9.26. The molecule has 0 aliphatic heterocycles. The number of aromatic nitrogens is 4. The van der Waals surface area contributed by atoms with Crippen molar-refractivity contribution >= 4 is 11.5 Å². The van der Waals surface area contributed by atoms with E-state index in [1.165, 1.54) is 0 Å². The minimum absolute atomic E-state index is 0.0904. The van der Waals surface area contributed by atoms with Crippen molar-refractivity contribution in [2.75, 3.05) is 5.32 Å². The topological polar surface area (TPSA) is 79.4 Å². The molecule has 0 spiro atoms. The van der Waals surface area contributed by atoms with Crippen molar-refractivity contribution in [2.24, 2.45) is 0 Å². The van der Waals surface area contributed by atoms with Crippen LogP contribution in [-0.4, -0.2) is 20.0 Å².